The molecule has 0 saturated heterocycles. The molecule has 0 aromatic heterocycles. The van der Waals surface area contributed by atoms with Crippen molar-refractivity contribution >= 4 is 43.5 Å². The van der Waals surface area contributed by atoms with Gasteiger partial charge in [0, 0.05) is 17.6 Å². The molecule has 3 rings (SSSR count). The molecule has 0 saturated carbocycles. The van der Waals surface area contributed by atoms with E-state index in [1.54, 1.807) is 43.3 Å². The zero-order valence-corrected chi connectivity index (χ0v) is 24.3. The fourth-order valence-corrected chi connectivity index (χ4v) is 5.69. The van der Waals surface area contributed by atoms with Crippen LogP contribution >= 0.6 is 15.9 Å². The molecule has 2 amide bonds. The van der Waals surface area contributed by atoms with Crippen LogP contribution in [0.15, 0.2) is 88.2 Å². The number of rotatable bonds is 12. The standard InChI is InChI=1S/C29H34BrN3O4S/c1-4-5-18-31-29(35)23(3)32(20-24-10-7-6-8-11-24)28(34)21-33(26-13-9-12-25(30)19-26)38(36,37)27-16-14-22(2)15-17-27/h6-17,19,23H,4-5,18,20-21H2,1-3H3,(H,31,35)/t23-/m1/s1. The average Bonchev–Trinajstić information content (AvgIpc) is 2.90. The van der Waals surface area contributed by atoms with E-state index in [4.69, 9.17) is 0 Å². The van der Waals surface area contributed by atoms with E-state index in [1.807, 2.05) is 44.2 Å². The van der Waals surface area contributed by atoms with Crippen molar-refractivity contribution in [1.82, 2.24) is 10.2 Å². The summed E-state index contributed by atoms with van der Waals surface area (Å²) in [6, 6.07) is 21.8. The van der Waals surface area contributed by atoms with E-state index in [-0.39, 0.29) is 17.3 Å². The monoisotopic (exact) mass is 599 g/mol. The second-order valence-corrected chi connectivity index (χ2v) is 11.9. The lowest BCUT2D eigenvalue weighted by Gasteiger charge is -2.32. The normalized spacial score (nSPS) is 12.0. The average molecular weight is 601 g/mol. The Morgan fingerprint density at radius 3 is 2.29 bits per heavy atom. The number of benzene rings is 3. The zero-order chi connectivity index (χ0) is 27.7. The van der Waals surface area contributed by atoms with Crippen LogP contribution in [0, 0.1) is 6.92 Å². The number of aryl methyl sites for hydroxylation is 1. The van der Waals surface area contributed by atoms with Crippen LogP contribution in [-0.4, -0.2) is 44.3 Å². The van der Waals surface area contributed by atoms with Crippen LogP contribution in [-0.2, 0) is 26.2 Å². The molecule has 7 nitrogen and oxygen atoms in total. The van der Waals surface area contributed by atoms with E-state index >= 15 is 0 Å². The molecule has 3 aromatic carbocycles. The van der Waals surface area contributed by atoms with Crippen LogP contribution < -0.4 is 9.62 Å². The topological polar surface area (TPSA) is 86.8 Å². The highest BCUT2D eigenvalue weighted by molar-refractivity contribution is 9.10. The lowest BCUT2D eigenvalue weighted by molar-refractivity contribution is -0.139. The van der Waals surface area contributed by atoms with Crippen molar-refractivity contribution in [2.45, 2.75) is 51.1 Å². The first-order valence-electron chi connectivity index (χ1n) is 12.6. The fraction of sp³-hybridized carbons (Fsp3) is 0.310. The molecule has 0 radical (unpaired) electrons. The van der Waals surface area contributed by atoms with Gasteiger partial charge in [0.15, 0.2) is 0 Å². The first kappa shape index (κ1) is 29.4. The number of unbranched alkanes of at least 4 members (excludes halogenated alkanes) is 1. The molecule has 0 spiro atoms. The first-order valence-corrected chi connectivity index (χ1v) is 14.8. The van der Waals surface area contributed by atoms with Crippen molar-refractivity contribution in [2.24, 2.45) is 0 Å². The molecular formula is C29H34BrN3O4S. The largest absolute Gasteiger partial charge is 0.354 e. The Kier molecular flexibility index (Phi) is 10.5. The van der Waals surface area contributed by atoms with Gasteiger partial charge in [-0.05, 0) is 56.2 Å². The summed E-state index contributed by atoms with van der Waals surface area (Å²) in [6.07, 6.45) is 1.76. The molecule has 0 aliphatic heterocycles. The number of sulfonamides is 1. The Labute approximate surface area is 234 Å². The molecule has 3 aromatic rings. The Morgan fingerprint density at radius 2 is 1.66 bits per heavy atom. The van der Waals surface area contributed by atoms with E-state index in [0.29, 0.717) is 16.7 Å². The highest BCUT2D eigenvalue weighted by Crippen LogP contribution is 2.27. The van der Waals surface area contributed by atoms with Crippen molar-refractivity contribution in [2.75, 3.05) is 17.4 Å². The summed E-state index contributed by atoms with van der Waals surface area (Å²) in [5.74, 6) is -0.763. The van der Waals surface area contributed by atoms with E-state index in [0.717, 1.165) is 28.3 Å². The number of carbonyl (C=O) groups is 2. The molecular weight excluding hydrogens is 566 g/mol. The molecule has 0 bridgehead atoms. The molecule has 9 heteroatoms. The van der Waals surface area contributed by atoms with Crippen LogP contribution in [0.1, 0.15) is 37.8 Å². The molecule has 0 heterocycles. The van der Waals surface area contributed by atoms with E-state index in [1.165, 1.54) is 17.0 Å². The minimum absolute atomic E-state index is 0.0795. The molecule has 0 aliphatic carbocycles. The van der Waals surface area contributed by atoms with Gasteiger partial charge in [0.2, 0.25) is 11.8 Å². The molecule has 202 valence electrons. The van der Waals surface area contributed by atoms with Gasteiger partial charge in [-0.1, -0.05) is 83.4 Å². The van der Waals surface area contributed by atoms with E-state index in [2.05, 4.69) is 21.2 Å². The van der Waals surface area contributed by atoms with E-state index < -0.39 is 28.5 Å². The molecule has 1 atom stereocenters. The fourth-order valence-electron chi connectivity index (χ4n) is 3.90. The number of hydrogen-bond donors (Lipinski definition) is 1. The summed E-state index contributed by atoms with van der Waals surface area (Å²) in [5.41, 5.74) is 2.10. The van der Waals surface area contributed by atoms with Gasteiger partial charge in [-0.2, -0.15) is 0 Å². The summed E-state index contributed by atoms with van der Waals surface area (Å²) in [5, 5.41) is 2.89. The Morgan fingerprint density at radius 1 is 0.974 bits per heavy atom. The van der Waals surface area contributed by atoms with Crippen molar-refractivity contribution in [3.05, 3.63) is 94.5 Å². The van der Waals surface area contributed by atoms with Crippen molar-refractivity contribution in [1.29, 1.82) is 0 Å². The van der Waals surface area contributed by atoms with Gasteiger partial charge in [0.05, 0.1) is 10.6 Å². The quantitative estimate of drug-likeness (QED) is 0.287. The lowest BCUT2D eigenvalue weighted by atomic mass is 10.1. The number of nitrogens with one attached hydrogen (secondary N) is 1. The van der Waals surface area contributed by atoms with Gasteiger partial charge in [-0.15, -0.1) is 0 Å². The van der Waals surface area contributed by atoms with Crippen molar-refractivity contribution in [3.63, 3.8) is 0 Å². The number of nitrogens with zero attached hydrogens (tertiary/aromatic N) is 2. The molecule has 1 N–H and O–H groups in total. The third-order valence-electron chi connectivity index (χ3n) is 6.18. The number of carbonyl (C=O) groups excluding carboxylic acids is 2. The van der Waals surface area contributed by atoms with Gasteiger partial charge in [0.25, 0.3) is 10.0 Å². The predicted molar refractivity (Wildman–Crippen MR) is 154 cm³/mol. The van der Waals surface area contributed by atoms with Crippen molar-refractivity contribution < 1.29 is 18.0 Å². The molecule has 0 aliphatic rings. The molecule has 38 heavy (non-hydrogen) atoms. The second-order valence-electron chi connectivity index (χ2n) is 9.13. The second kappa shape index (κ2) is 13.6. The highest BCUT2D eigenvalue weighted by Gasteiger charge is 2.32. The van der Waals surface area contributed by atoms with Crippen molar-refractivity contribution in [3.8, 4) is 0 Å². The summed E-state index contributed by atoms with van der Waals surface area (Å²) in [7, 11) is -4.09. The molecule has 0 unspecified atom stereocenters. The predicted octanol–water partition coefficient (Wildman–Crippen LogP) is 5.29. The number of amides is 2. The van der Waals surface area contributed by atoms with E-state index in [9.17, 15) is 18.0 Å². The summed E-state index contributed by atoms with van der Waals surface area (Å²) in [6.45, 7) is 5.79. The Balaban J connectivity index is 1.98. The van der Waals surface area contributed by atoms with Gasteiger partial charge < -0.3 is 10.2 Å². The van der Waals surface area contributed by atoms with Gasteiger partial charge in [-0.25, -0.2) is 8.42 Å². The van der Waals surface area contributed by atoms with Crippen LogP contribution in [0.3, 0.4) is 0 Å². The summed E-state index contributed by atoms with van der Waals surface area (Å²) >= 11 is 3.40. The Hall–Kier alpha value is -3.17. The number of halogens is 1. The maximum atomic E-state index is 13.9. The summed E-state index contributed by atoms with van der Waals surface area (Å²) in [4.78, 5) is 28.3. The lowest BCUT2D eigenvalue weighted by Crippen LogP contribution is -2.51. The minimum Gasteiger partial charge on any atom is -0.354 e. The maximum Gasteiger partial charge on any atom is 0.264 e. The van der Waals surface area contributed by atoms with Gasteiger partial charge in [-0.3, -0.25) is 13.9 Å². The van der Waals surface area contributed by atoms with Crippen LogP contribution in [0.5, 0.6) is 0 Å². The third-order valence-corrected chi connectivity index (χ3v) is 8.46. The highest BCUT2D eigenvalue weighted by atomic mass is 79.9. The Bertz CT molecular complexity index is 1330. The number of anilines is 1. The SMILES string of the molecule is CCCCNC(=O)[C@@H](C)N(Cc1ccccc1)C(=O)CN(c1cccc(Br)c1)S(=O)(=O)c1ccc(C)cc1. The van der Waals surface area contributed by atoms with Crippen LogP contribution in [0.25, 0.3) is 0 Å². The summed E-state index contributed by atoms with van der Waals surface area (Å²) < 4.78 is 29.4. The zero-order valence-electron chi connectivity index (χ0n) is 21.9. The van der Waals surface area contributed by atoms with Crippen LogP contribution in [0.2, 0.25) is 0 Å². The van der Waals surface area contributed by atoms with Crippen LogP contribution in [0.4, 0.5) is 5.69 Å². The van der Waals surface area contributed by atoms with Gasteiger partial charge >= 0.3 is 0 Å². The smallest absolute Gasteiger partial charge is 0.264 e. The maximum absolute atomic E-state index is 13.9. The number of hydrogen-bond acceptors (Lipinski definition) is 4. The minimum atomic E-state index is -4.09. The first-order chi connectivity index (χ1) is 18.1. The third kappa shape index (κ3) is 7.68. The van der Waals surface area contributed by atoms with Gasteiger partial charge in [0.1, 0.15) is 12.6 Å². The molecule has 0 fully saturated rings.